The molecule has 0 radical (unpaired) electrons. The first kappa shape index (κ1) is 10.8. The lowest BCUT2D eigenvalue weighted by molar-refractivity contribution is -0.0575. The fourth-order valence-corrected chi connectivity index (χ4v) is 2.80. The number of para-hydroxylation sites is 1. The Kier molecular flexibility index (Phi) is 2.45. The maximum Gasteiger partial charge on any atom is 0.0598 e. The van der Waals surface area contributed by atoms with E-state index in [9.17, 15) is 0 Å². The van der Waals surface area contributed by atoms with E-state index < -0.39 is 0 Å². The highest BCUT2D eigenvalue weighted by Crippen LogP contribution is 2.37. The molecule has 2 aromatic rings. The van der Waals surface area contributed by atoms with Crippen LogP contribution in [-0.4, -0.2) is 31.4 Å². The lowest BCUT2D eigenvalue weighted by Crippen LogP contribution is -2.52. The van der Waals surface area contributed by atoms with Crippen molar-refractivity contribution >= 4 is 10.9 Å². The van der Waals surface area contributed by atoms with E-state index in [1.807, 2.05) is 7.05 Å². The molecule has 1 aliphatic heterocycles. The van der Waals surface area contributed by atoms with Crippen LogP contribution < -0.4 is 5.32 Å². The molecule has 3 heteroatoms. The standard InChI is InChI=1S/C14H18N2O/c1-15-8-14(9-17-10-14)12-7-16(2)13-6-4-3-5-11(12)13/h3-7,15H,8-10H2,1-2H3. The van der Waals surface area contributed by atoms with Gasteiger partial charge in [-0.1, -0.05) is 18.2 Å². The summed E-state index contributed by atoms with van der Waals surface area (Å²) in [4.78, 5) is 0. The minimum Gasteiger partial charge on any atom is -0.379 e. The minimum absolute atomic E-state index is 0.162. The maximum atomic E-state index is 5.45. The van der Waals surface area contributed by atoms with Gasteiger partial charge in [-0.15, -0.1) is 0 Å². The minimum atomic E-state index is 0.162. The Morgan fingerprint density at radius 2 is 2.12 bits per heavy atom. The number of aryl methyl sites for hydroxylation is 1. The molecule has 0 spiro atoms. The number of nitrogens with one attached hydrogen (secondary N) is 1. The Hall–Kier alpha value is -1.32. The normalized spacial score (nSPS) is 18.2. The van der Waals surface area contributed by atoms with E-state index in [-0.39, 0.29) is 5.41 Å². The van der Waals surface area contributed by atoms with Crippen LogP contribution in [0, 0.1) is 0 Å². The Morgan fingerprint density at radius 1 is 1.35 bits per heavy atom. The molecule has 1 fully saturated rings. The molecule has 2 heterocycles. The summed E-state index contributed by atoms with van der Waals surface area (Å²) in [6, 6.07) is 8.58. The molecule has 1 aliphatic rings. The molecule has 1 aromatic heterocycles. The summed E-state index contributed by atoms with van der Waals surface area (Å²) in [5.74, 6) is 0. The predicted octanol–water partition coefficient (Wildman–Crippen LogP) is 1.67. The van der Waals surface area contributed by atoms with E-state index in [0.717, 1.165) is 19.8 Å². The van der Waals surface area contributed by atoms with E-state index in [0.29, 0.717) is 0 Å². The smallest absolute Gasteiger partial charge is 0.0598 e. The van der Waals surface area contributed by atoms with E-state index >= 15 is 0 Å². The van der Waals surface area contributed by atoms with Gasteiger partial charge >= 0.3 is 0 Å². The second-order valence-corrected chi connectivity index (χ2v) is 4.97. The van der Waals surface area contributed by atoms with Crippen molar-refractivity contribution in [2.75, 3.05) is 26.8 Å². The van der Waals surface area contributed by atoms with Gasteiger partial charge in [0, 0.05) is 30.7 Å². The van der Waals surface area contributed by atoms with Crippen molar-refractivity contribution in [3.63, 3.8) is 0 Å². The zero-order valence-electron chi connectivity index (χ0n) is 10.4. The third kappa shape index (κ3) is 1.50. The molecular weight excluding hydrogens is 212 g/mol. The van der Waals surface area contributed by atoms with Gasteiger partial charge in [0.05, 0.1) is 18.6 Å². The van der Waals surface area contributed by atoms with Gasteiger partial charge in [-0.3, -0.25) is 0 Å². The number of likely N-dealkylation sites (N-methyl/N-ethyl adjacent to an activating group) is 1. The first-order valence-corrected chi connectivity index (χ1v) is 6.04. The van der Waals surface area contributed by atoms with Crippen molar-refractivity contribution in [1.29, 1.82) is 0 Å². The topological polar surface area (TPSA) is 26.2 Å². The summed E-state index contributed by atoms with van der Waals surface area (Å²) in [5, 5.41) is 4.65. The average molecular weight is 230 g/mol. The summed E-state index contributed by atoms with van der Waals surface area (Å²) in [6.07, 6.45) is 2.25. The van der Waals surface area contributed by atoms with E-state index in [1.54, 1.807) is 0 Å². The van der Waals surface area contributed by atoms with Gasteiger partial charge in [-0.25, -0.2) is 0 Å². The number of hydrogen-bond donors (Lipinski definition) is 1. The molecule has 1 saturated heterocycles. The first-order chi connectivity index (χ1) is 8.27. The van der Waals surface area contributed by atoms with Crippen LogP contribution in [0.15, 0.2) is 30.5 Å². The summed E-state index contributed by atoms with van der Waals surface area (Å²) >= 11 is 0. The third-order valence-electron chi connectivity index (χ3n) is 3.74. The highest BCUT2D eigenvalue weighted by atomic mass is 16.5. The second kappa shape index (κ2) is 3.86. The third-order valence-corrected chi connectivity index (χ3v) is 3.74. The van der Waals surface area contributed by atoms with Gasteiger partial charge in [0.2, 0.25) is 0 Å². The van der Waals surface area contributed by atoms with Gasteiger partial charge in [0.15, 0.2) is 0 Å². The van der Waals surface area contributed by atoms with Crippen molar-refractivity contribution in [3.05, 3.63) is 36.0 Å². The van der Waals surface area contributed by atoms with E-state index in [4.69, 9.17) is 4.74 Å². The highest BCUT2D eigenvalue weighted by molar-refractivity contribution is 5.85. The van der Waals surface area contributed by atoms with Crippen LogP contribution in [0.3, 0.4) is 0 Å². The monoisotopic (exact) mass is 230 g/mol. The van der Waals surface area contributed by atoms with Crippen LogP contribution in [0.1, 0.15) is 5.56 Å². The fraction of sp³-hybridized carbons (Fsp3) is 0.429. The molecule has 3 rings (SSSR count). The lowest BCUT2D eigenvalue weighted by atomic mass is 9.78. The van der Waals surface area contributed by atoms with E-state index in [2.05, 4.69) is 47.4 Å². The number of fused-ring (bicyclic) bond motifs is 1. The Balaban J connectivity index is 2.16. The zero-order chi connectivity index (χ0) is 11.9. The van der Waals surface area contributed by atoms with Gasteiger partial charge in [-0.2, -0.15) is 0 Å². The molecule has 90 valence electrons. The van der Waals surface area contributed by atoms with Crippen LogP contribution in [0.25, 0.3) is 10.9 Å². The van der Waals surface area contributed by atoms with Crippen molar-refractivity contribution in [1.82, 2.24) is 9.88 Å². The van der Waals surface area contributed by atoms with Crippen molar-refractivity contribution < 1.29 is 4.74 Å². The Bertz CT molecular complexity index is 540. The van der Waals surface area contributed by atoms with Crippen molar-refractivity contribution in [2.24, 2.45) is 7.05 Å². The fourth-order valence-electron chi connectivity index (χ4n) is 2.80. The highest BCUT2D eigenvalue weighted by Gasteiger charge is 2.41. The Labute approximate surface area is 101 Å². The quantitative estimate of drug-likeness (QED) is 0.868. The molecule has 3 nitrogen and oxygen atoms in total. The second-order valence-electron chi connectivity index (χ2n) is 4.97. The molecular formula is C14H18N2O. The van der Waals surface area contributed by atoms with Gasteiger partial charge in [-0.05, 0) is 18.7 Å². The zero-order valence-corrected chi connectivity index (χ0v) is 10.4. The molecule has 0 aliphatic carbocycles. The van der Waals surface area contributed by atoms with E-state index in [1.165, 1.54) is 16.5 Å². The molecule has 1 N–H and O–H groups in total. The number of rotatable bonds is 3. The molecule has 17 heavy (non-hydrogen) atoms. The average Bonchev–Trinajstić information content (AvgIpc) is 2.63. The van der Waals surface area contributed by atoms with Crippen LogP contribution in [0.5, 0.6) is 0 Å². The molecule has 0 atom stereocenters. The lowest BCUT2D eigenvalue weighted by Gasteiger charge is -2.41. The summed E-state index contributed by atoms with van der Waals surface area (Å²) < 4.78 is 7.66. The van der Waals surface area contributed by atoms with Crippen LogP contribution in [-0.2, 0) is 17.2 Å². The summed E-state index contributed by atoms with van der Waals surface area (Å²) in [5.41, 5.74) is 2.87. The van der Waals surface area contributed by atoms with Crippen LogP contribution in [0.4, 0.5) is 0 Å². The van der Waals surface area contributed by atoms with Crippen molar-refractivity contribution in [3.8, 4) is 0 Å². The number of hydrogen-bond acceptors (Lipinski definition) is 2. The molecule has 0 unspecified atom stereocenters. The SMILES string of the molecule is CNCC1(c2cn(C)c3ccccc23)COC1. The molecule has 0 amide bonds. The molecule has 1 aromatic carbocycles. The van der Waals surface area contributed by atoms with Crippen LogP contribution in [0.2, 0.25) is 0 Å². The number of benzene rings is 1. The summed E-state index contributed by atoms with van der Waals surface area (Å²) in [7, 11) is 4.11. The van der Waals surface area contributed by atoms with Gasteiger partial charge in [0.1, 0.15) is 0 Å². The van der Waals surface area contributed by atoms with Gasteiger partial charge < -0.3 is 14.6 Å². The number of ether oxygens (including phenoxy) is 1. The molecule has 0 saturated carbocycles. The maximum absolute atomic E-state index is 5.45. The Morgan fingerprint density at radius 3 is 2.76 bits per heavy atom. The largest absolute Gasteiger partial charge is 0.379 e. The predicted molar refractivity (Wildman–Crippen MR) is 69.3 cm³/mol. The van der Waals surface area contributed by atoms with Gasteiger partial charge in [0.25, 0.3) is 0 Å². The number of nitrogens with zero attached hydrogens (tertiary/aromatic N) is 1. The first-order valence-electron chi connectivity index (χ1n) is 6.04. The van der Waals surface area contributed by atoms with Crippen LogP contribution >= 0.6 is 0 Å². The number of aromatic nitrogens is 1. The summed E-state index contributed by atoms with van der Waals surface area (Å²) in [6.45, 7) is 2.62. The van der Waals surface area contributed by atoms with Crippen molar-refractivity contribution in [2.45, 2.75) is 5.41 Å². The molecule has 0 bridgehead atoms.